The summed E-state index contributed by atoms with van der Waals surface area (Å²) >= 11 is 1.59. The molecule has 0 aliphatic heterocycles. The summed E-state index contributed by atoms with van der Waals surface area (Å²) in [5.74, 6) is 0.497. The Hall–Kier alpha value is -1.76. The number of H-pyrrole nitrogens is 1. The molecule has 1 atom stereocenters. The molecule has 2 N–H and O–H groups in total. The van der Waals surface area contributed by atoms with Crippen LogP contribution in [0, 0.1) is 5.92 Å². The van der Waals surface area contributed by atoms with Crippen molar-refractivity contribution in [3.8, 4) is 0 Å². The predicted octanol–water partition coefficient (Wildman–Crippen LogP) is 1.92. The smallest absolute Gasteiger partial charge is 0.272 e. The van der Waals surface area contributed by atoms with Crippen LogP contribution >= 0.6 is 11.8 Å². The van der Waals surface area contributed by atoms with E-state index in [1.165, 1.54) is 0 Å². The summed E-state index contributed by atoms with van der Waals surface area (Å²) in [6.45, 7) is 2.68. The molecule has 2 aromatic heterocycles. The van der Waals surface area contributed by atoms with Gasteiger partial charge in [0.25, 0.3) is 5.91 Å². The van der Waals surface area contributed by atoms with Crippen molar-refractivity contribution in [2.45, 2.75) is 37.9 Å². The molecule has 118 valence electrons. The number of amides is 1. The van der Waals surface area contributed by atoms with Crippen molar-refractivity contribution in [2.24, 2.45) is 13.0 Å². The number of hydrogen-bond acceptors (Lipinski definition) is 4. The van der Waals surface area contributed by atoms with E-state index in [0.29, 0.717) is 18.2 Å². The van der Waals surface area contributed by atoms with Gasteiger partial charge in [-0.3, -0.25) is 9.89 Å². The Bertz CT molecular complexity index is 690. The van der Waals surface area contributed by atoms with Gasteiger partial charge in [-0.05, 0) is 31.4 Å². The van der Waals surface area contributed by atoms with Gasteiger partial charge in [-0.15, -0.1) is 0 Å². The maximum Gasteiger partial charge on any atom is 0.272 e. The molecule has 2 aromatic rings. The zero-order valence-corrected chi connectivity index (χ0v) is 14.0. The lowest BCUT2D eigenvalue weighted by molar-refractivity contribution is 0.0944. The van der Waals surface area contributed by atoms with Crippen LogP contribution in [0.4, 0.5) is 0 Å². The van der Waals surface area contributed by atoms with Gasteiger partial charge in [0.2, 0.25) is 0 Å². The van der Waals surface area contributed by atoms with E-state index in [4.69, 9.17) is 0 Å². The Balaban J connectivity index is 1.70. The van der Waals surface area contributed by atoms with Crippen LogP contribution < -0.4 is 5.32 Å². The zero-order chi connectivity index (χ0) is 15.7. The Morgan fingerprint density at radius 3 is 3.14 bits per heavy atom. The Morgan fingerprint density at radius 1 is 1.59 bits per heavy atom. The van der Waals surface area contributed by atoms with Crippen LogP contribution in [0.25, 0.3) is 0 Å². The molecule has 6 nitrogen and oxygen atoms in total. The molecular weight excluding hydrogens is 298 g/mol. The van der Waals surface area contributed by atoms with Gasteiger partial charge in [-0.25, -0.2) is 4.98 Å². The van der Waals surface area contributed by atoms with Gasteiger partial charge in [0, 0.05) is 18.3 Å². The van der Waals surface area contributed by atoms with Crippen LogP contribution in [0.3, 0.4) is 0 Å². The second kappa shape index (κ2) is 6.16. The third-order valence-corrected chi connectivity index (χ3v) is 5.01. The second-order valence-electron chi connectivity index (χ2n) is 5.86. The highest BCUT2D eigenvalue weighted by atomic mass is 32.2. The standard InChI is InChI=1S/C15H21N5OS/c1-9-4-5-12-11(6-9)13(19-18-12)14(21)16-7-10-8-17-15(22-3)20(10)2/h8-9H,4-7H2,1-3H3,(H,16,21)(H,18,19)/t9-/m1/s1. The van der Waals surface area contributed by atoms with E-state index in [1.807, 2.05) is 17.9 Å². The maximum absolute atomic E-state index is 12.4. The van der Waals surface area contributed by atoms with Gasteiger partial charge < -0.3 is 9.88 Å². The molecule has 3 rings (SSSR count). The van der Waals surface area contributed by atoms with E-state index in [0.717, 1.165) is 41.4 Å². The summed E-state index contributed by atoms with van der Waals surface area (Å²) in [4.78, 5) is 16.7. The minimum absolute atomic E-state index is 0.112. The van der Waals surface area contributed by atoms with Crippen LogP contribution in [-0.4, -0.2) is 31.9 Å². The first-order chi connectivity index (χ1) is 10.6. The number of hydrogen-bond donors (Lipinski definition) is 2. The first-order valence-electron chi connectivity index (χ1n) is 7.49. The number of rotatable bonds is 4. The van der Waals surface area contributed by atoms with E-state index in [-0.39, 0.29) is 5.91 Å². The predicted molar refractivity (Wildman–Crippen MR) is 85.9 cm³/mol. The summed E-state index contributed by atoms with van der Waals surface area (Å²) in [6, 6.07) is 0. The topological polar surface area (TPSA) is 75.6 Å². The van der Waals surface area contributed by atoms with E-state index in [2.05, 4.69) is 27.4 Å². The van der Waals surface area contributed by atoms with Crippen LogP contribution in [0.1, 0.15) is 40.8 Å². The second-order valence-corrected chi connectivity index (χ2v) is 6.63. The van der Waals surface area contributed by atoms with Gasteiger partial charge in [-0.2, -0.15) is 5.10 Å². The molecule has 0 spiro atoms. The molecule has 0 bridgehead atoms. The van der Waals surface area contributed by atoms with Gasteiger partial charge in [-0.1, -0.05) is 18.7 Å². The van der Waals surface area contributed by atoms with Crippen molar-refractivity contribution in [3.63, 3.8) is 0 Å². The van der Waals surface area contributed by atoms with E-state index in [9.17, 15) is 4.79 Å². The van der Waals surface area contributed by atoms with Crippen molar-refractivity contribution in [1.29, 1.82) is 0 Å². The van der Waals surface area contributed by atoms with Crippen molar-refractivity contribution in [2.75, 3.05) is 6.26 Å². The molecule has 0 saturated heterocycles. The molecule has 0 unspecified atom stereocenters. The number of aryl methyl sites for hydroxylation is 1. The molecule has 7 heteroatoms. The fourth-order valence-electron chi connectivity index (χ4n) is 2.89. The van der Waals surface area contributed by atoms with Crippen LogP contribution in [0.2, 0.25) is 0 Å². The number of imidazole rings is 1. The molecule has 0 saturated carbocycles. The minimum atomic E-state index is -0.112. The lowest BCUT2D eigenvalue weighted by Gasteiger charge is -2.18. The zero-order valence-electron chi connectivity index (χ0n) is 13.1. The van der Waals surface area contributed by atoms with Gasteiger partial charge in [0.05, 0.1) is 18.4 Å². The number of nitrogens with zero attached hydrogens (tertiary/aromatic N) is 3. The fourth-order valence-corrected chi connectivity index (χ4v) is 3.44. The first kappa shape index (κ1) is 15.1. The van der Waals surface area contributed by atoms with E-state index in [1.54, 1.807) is 18.0 Å². The summed E-state index contributed by atoms with van der Waals surface area (Å²) in [6.07, 6.45) is 6.85. The van der Waals surface area contributed by atoms with Crippen LogP contribution in [0.5, 0.6) is 0 Å². The van der Waals surface area contributed by atoms with Gasteiger partial charge in [0.15, 0.2) is 10.9 Å². The highest BCUT2D eigenvalue weighted by Crippen LogP contribution is 2.26. The summed E-state index contributed by atoms with van der Waals surface area (Å²) in [5, 5.41) is 11.1. The molecule has 0 fully saturated rings. The number of aromatic nitrogens is 4. The number of thioether (sulfide) groups is 1. The van der Waals surface area contributed by atoms with Crippen molar-refractivity contribution >= 4 is 17.7 Å². The highest BCUT2D eigenvalue weighted by Gasteiger charge is 2.24. The largest absolute Gasteiger partial charge is 0.345 e. The van der Waals surface area contributed by atoms with E-state index >= 15 is 0 Å². The fraction of sp³-hybridized carbons (Fsp3) is 0.533. The number of carbonyl (C=O) groups is 1. The van der Waals surface area contributed by atoms with Gasteiger partial charge >= 0.3 is 0 Å². The molecule has 2 heterocycles. The lowest BCUT2D eigenvalue weighted by atomic mass is 9.87. The molecule has 22 heavy (non-hydrogen) atoms. The highest BCUT2D eigenvalue weighted by molar-refractivity contribution is 7.98. The average Bonchev–Trinajstić information content (AvgIpc) is 3.08. The third-order valence-electron chi connectivity index (χ3n) is 4.26. The third kappa shape index (κ3) is 2.77. The van der Waals surface area contributed by atoms with Crippen molar-refractivity contribution < 1.29 is 4.79 Å². The number of carbonyl (C=O) groups excluding carboxylic acids is 1. The minimum Gasteiger partial charge on any atom is -0.345 e. The van der Waals surface area contributed by atoms with Crippen molar-refractivity contribution in [3.05, 3.63) is 28.8 Å². The summed E-state index contributed by atoms with van der Waals surface area (Å²) < 4.78 is 1.99. The average molecular weight is 319 g/mol. The Labute approximate surface area is 134 Å². The summed E-state index contributed by atoms with van der Waals surface area (Å²) in [5.41, 5.74) is 3.74. The quantitative estimate of drug-likeness (QED) is 0.844. The van der Waals surface area contributed by atoms with Crippen molar-refractivity contribution in [1.82, 2.24) is 25.1 Å². The maximum atomic E-state index is 12.4. The van der Waals surface area contributed by atoms with E-state index < -0.39 is 0 Å². The number of nitrogens with one attached hydrogen (secondary N) is 2. The SMILES string of the molecule is CSc1ncc(CNC(=O)c2n[nH]c3c2C[C@H](C)CC3)n1C. The lowest BCUT2D eigenvalue weighted by Crippen LogP contribution is -2.26. The molecule has 1 aliphatic rings. The normalized spacial score (nSPS) is 17.3. The van der Waals surface area contributed by atoms with Gasteiger partial charge in [0.1, 0.15) is 0 Å². The molecular formula is C15H21N5OS. The Morgan fingerprint density at radius 2 is 2.41 bits per heavy atom. The molecule has 0 aromatic carbocycles. The first-order valence-corrected chi connectivity index (χ1v) is 8.71. The van der Waals surface area contributed by atoms with Crippen LogP contribution in [-0.2, 0) is 26.4 Å². The van der Waals surface area contributed by atoms with Crippen LogP contribution in [0.15, 0.2) is 11.4 Å². The number of fused-ring (bicyclic) bond motifs is 1. The molecule has 1 aliphatic carbocycles. The summed E-state index contributed by atoms with van der Waals surface area (Å²) in [7, 11) is 1.96. The monoisotopic (exact) mass is 319 g/mol. The Kier molecular flexibility index (Phi) is 4.24. The number of aromatic amines is 1. The molecule has 0 radical (unpaired) electrons. The molecule has 1 amide bonds.